The summed E-state index contributed by atoms with van der Waals surface area (Å²) < 4.78 is 0. The van der Waals surface area contributed by atoms with E-state index in [2.05, 4.69) is 49.1 Å². The fourth-order valence-corrected chi connectivity index (χ4v) is 2.93. The minimum Gasteiger partial charge on any atom is -0.327 e. The summed E-state index contributed by atoms with van der Waals surface area (Å²) in [6.45, 7) is 7.97. The van der Waals surface area contributed by atoms with Crippen molar-refractivity contribution < 1.29 is 0 Å². The van der Waals surface area contributed by atoms with E-state index >= 15 is 0 Å². The van der Waals surface area contributed by atoms with Crippen LogP contribution in [0.2, 0.25) is 0 Å². The quantitative estimate of drug-likeness (QED) is 0.865. The van der Waals surface area contributed by atoms with Crippen molar-refractivity contribution in [3.8, 4) is 0 Å². The monoisotopic (exact) mass is 246 g/mol. The Labute approximate surface area is 111 Å². The maximum absolute atomic E-state index is 6.31. The lowest BCUT2D eigenvalue weighted by Gasteiger charge is -2.22. The maximum atomic E-state index is 6.31. The third-order valence-corrected chi connectivity index (χ3v) is 3.91. The van der Waals surface area contributed by atoms with Gasteiger partial charge in [0.2, 0.25) is 0 Å². The average molecular weight is 246 g/mol. The molecule has 1 aromatic rings. The molecule has 0 amide bonds. The van der Waals surface area contributed by atoms with E-state index in [9.17, 15) is 0 Å². The van der Waals surface area contributed by atoms with E-state index in [1.807, 2.05) is 0 Å². The molecule has 0 spiro atoms. The summed E-state index contributed by atoms with van der Waals surface area (Å²) in [4.78, 5) is 2.54. The van der Waals surface area contributed by atoms with E-state index in [4.69, 9.17) is 5.73 Å². The highest BCUT2D eigenvalue weighted by Crippen LogP contribution is 2.23. The average Bonchev–Trinajstić information content (AvgIpc) is 2.78. The molecule has 100 valence electrons. The van der Waals surface area contributed by atoms with Crippen LogP contribution in [-0.4, -0.2) is 24.0 Å². The number of likely N-dealkylation sites (tertiary alicyclic amines) is 1. The second-order valence-corrected chi connectivity index (χ2v) is 6.06. The first-order valence-corrected chi connectivity index (χ1v) is 7.17. The molecule has 1 aliphatic rings. The molecule has 0 saturated carbocycles. The van der Waals surface area contributed by atoms with Crippen molar-refractivity contribution in [2.45, 2.75) is 39.3 Å². The van der Waals surface area contributed by atoms with Gasteiger partial charge in [-0.2, -0.15) is 0 Å². The number of hydrogen-bond acceptors (Lipinski definition) is 2. The van der Waals surface area contributed by atoms with Gasteiger partial charge in [0.15, 0.2) is 0 Å². The molecule has 2 rings (SSSR count). The Hall–Kier alpha value is -0.860. The summed E-state index contributed by atoms with van der Waals surface area (Å²) in [6.07, 6.45) is 2.42. The van der Waals surface area contributed by atoms with Crippen LogP contribution in [0.25, 0.3) is 0 Å². The number of benzene rings is 1. The highest BCUT2D eigenvalue weighted by Gasteiger charge is 2.27. The van der Waals surface area contributed by atoms with E-state index in [1.54, 1.807) is 0 Å². The van der Waals surface area contributed by atoms with Crippen LogP contribution in [0.5, 0.6) is 0 Å². The molecule has 0 aromatic heterocycles. The number of nitrogens with zero attached hydrogens (tertiary/aromatic N) is 1. The Morgan fingerprint density at radius 2 is 2.00 bits per heavy atom. The normalized spacial score (nSPS) is 22.6. The molecule has 0 aliphatic carbocycles. The highest BCUT2D eigenvalue weighted by molar-refractivity contribution is 5.14. The topological polar surface area (TPSA) is 29.3 Å². The second kappa shape index (κ2) is 6.35. The van der Waals surface area contributed by atoms with Gasteiger partial charge in [-0.3, -0.25) is 4.90 Å². The van der Waals surface area contributed by atoms with Gasteiger partial charge in [-0.25, -0.2) is 0 Å². The summed E-state index contributed by atoms with van der Waals surface area (Å²) in [7, 11) is 0. The largest absolute Gasteiger partial charge is 0.327 e. The molecule has 1 heterocycles. The van der Waals surface area contributed by atoms with Crippen molar-refractivity contribution in [3.05, 3.63) is 35.9 Å². The summed E-state index contributed by atoms with van der Waals surface area (Å²) >= 11 is 0. The van der Waals surface area contributed by atoms with E-state index in [-0.39, 0.29) is 0 Å². The Bertz CT molecular complexity index is 347. The van der Waals surface area contributed by atoms with Crippen molar-refractivity contribution in [2.24, 2.45) is 17.6 Å². The summed E-state index contributed by atoms with van der Waals surface area (Å²) in [6, 6.07) is 11.1. The van der Waals surface area contributed by atoms with Crippen LogP contribution in [0.3, 0.4) is 0 Å². The van der Waals surface area contributed by atoms with E-state index in [0.29, 0.717) is 17.9 Å². The smallest absolute Gasteiger partial charge is 0.0233 e. The van der Waals surface area contributed by atoms with Crippen molar-refractivity contribution in [1.82, 2.24) is 4.90 Å². The molecule has 2 atom stereocenters. The van der Waals surface area contributed by atoms with Crippen molar-refractivity contribution in [2.75, 3.05) is 13.1 Å². The lowest BCUT2D eigenvalue weighted by molar-refractivity contribution is 0.295. The van der Waals surface area contributed by atoms with Gasteiger partial charge in [-0.1, -0.05) is 44.2 Å². The molecule has 2 nitrogen and oxygen atoms in total. The van der Waals surface area contributed by atoms with Crippen LogP contribution in [-0.2, 0) is 6.54 Å². The van der Waals surface area contributed by atoms with Crippen LogP contribution in [0.4, 0.5) is 0 Å². The van der Waals surface area contributed by atoms with Gasteiger partial charge in [0.05, 0.1) is 0 Å². The zero-order chi connectivity index (χ0) is 13.0. The lowest BCUT2D eigenvalue weighted by Crippen LogP contribution is -2.33. The molecule has 0 radical (unpaired) electrons. The van der Waals surface area contributed by atoms with Crippen molar-refractivity contribution >= 4 is 0 Å². The van der Waals surface area contributed by atoms with Crippen LogP contribution in [0, 0.1) is 11.8 Å². The third kappa shape index (κ3) is 3.82. The molecular weight excluding hydrogens is 220 g/mol. The molecular formula is C16H26N2. The Morgan fingerprint density at radius 1 is 1.28 bits per heavy atom. The minimum atomic E-state index is 0.380. The number of hydrogen-bond donors (Lipinski definition) is 1. The number of rotatable bonds is 5. The first kappa shape index (κ1) is 13.6. The van der Waals surface area contributed by atoms with Gasteiger partial charge in [0.25, 0.3) is 0 Å². The number of nitrogens with two attached hydrogens (primary N) is 1. The standard InChI is InChI=1S/C16H26N2/c1-13(2)10-16(17)15-8-9-18(12-15)11-14-6-4-3-5-7-14/h3-7,13,15-16H,8-12,17H2,1-2H3. The highest BCUT2D eigenvalue weighted by atomic mass is 15.1. The Morgan fingerprint density at radius 3 is 2.67 bits per heavy atom. The summed E-state index contributed by atoms with van der Waals surface area (Å²) in [5.41, 5.74) is 7.72. The third-order valence-electron chi connectivity index (χ3n) is 3.91. The fraction of sp³-hybridized carbons (Fsp3) is 0.625. The summed E-state index contributed by atoms with van der Waals surface area (Å²) in [5, 5.41) is 0. The predicted molar refractivity (Wildman–Crippen MR) is 77.3 cm³/mol. The Balaban J connectivity index is 1.81. The molecule has 18 heavy (non-hydrogen) atoms. The van der Waals surface area contributed by atoms with Crippen molar-refractivity contribution in [3.63, 3.8) is 0 Å². The van der Waals surface area contributed by atoms with E-state index in [0.717, 1.165) is 13.0 Å². The first-order chi connectivity index (χ1) is 8.65. The first-order valence-electron chi connectivity index (χ1n) is 7.17. The lowest BCUT2D eigenvalue weighted by atomic mass is 9.92. The van der Waals surface area contributed by atoms with Crippen LogP contribution in [0.15, 0.2) is 30.3 Å². The van der Waals surface area contributed by atoms with Gasteiger partial charge in [-0.05, 0) is 36.8 Å². The molecule has 1 fully saturated rings. The molecule has 2 N–H and O–H groups in total. The van der Waals surface area contributed by atoms with Crippen LogP contribution < -0.4 is 5.73 Å². The van der Waals surface area contributed by atoms with Gasteiger partial charge in [0, 0.05) is 19.1 Å². The van der Waals surface area contributed by atoms with Crippen LogP contribution in [0.1, 0.15) is 32.3 Å². The molecule has 1 aliphatic heterocycles. The molecule has 2 unspecified atom stereocenters. The molecule has 1 aromatic carbocycles. The van der Waals surface area contributed by atoms with E-state index < -0.39 is 0 Å². The van der Waals surface area contributed by atoms with Gasteiger partial charge in [-0.15, -0.1) is 0 Å². The van der Waals surface area contributed by atoms with Crippen LogP contribution >= 0.6 is 0 Å². The van der Waals surface area contributed by atoms with Gasteiger partial charge < -0.3 is 5.73 Å². The molecule has 1 saturated heterocycles. The maximum Gasteiger partial charge on any atom is 0.0233 e. The Kier molecular flexibility index (Phi) is 4.79. The van der Waals surface area contributed by atoms with Crippen molar-refractivity contribution in [1.29, 1.82) is 0 Å². The van der Waals surface area contributed by atoms with E-state index in [1.165, 1.54) is 25.1 Å². The SMILES string of the molecule is CC(C)CC(N)C1CCN(Cc2ccccc2)C1. The molecule has 2 heteroatoms. The fourth-order valence-electron chi connectivity index (χ4n) is 2.93. The zero-order valence-corrected chi connectivity index (χ0v) is 11.7. The van der Waals surface area contributed by atoms with Gasteiger partial charge in [0.1, 0.15) is 0 Å². The second-order valence-electron chi connectivity index (χ2n) is 6.06. The minimum absolute atomic E-state index is 0.380. The zero-order valence-electron chi connectivity index (χ0n) is 11.7. The molecule has 0 bridgehead atoms. The predicted octanol–water partition coefficient (Wildman–Crippen LogP) is 2.88. The summed E-state index contributed by atoms with van der Waals surface area (Å²) in [5.74, 6) is 1.40. The van der Waals surface area contributed by atoms with Gasteiger partial charge >= 0.3 is 0 Å².